The van der Waals surface area contributed by atoms with Crippen molar-refractivity contribution >= 4 is 11.6 Å². The molecule has 1 aromatic rings. The van der Waals surface area contributed by atoms with Crippen molar-refractivity contribution in [2.24, 2.45) is 5.73 Å². The molecule has 3 N–H and O–H groups in total. The second-order valence-corrected chi connectivity index (χ2v) is 3.52. The molecule has 2 nitrogen and oxygen atoms in total. The highest BCUT2D eigenvalue weighted by Gasteiger charge is 2.04. The first-order chi connectivity index (χ1) is 6.24. The van der Waals surface area contributed by atoms with Crippen molar-refractivity contribution in [1.82, 2.24) is 5.32 Å². The van der Waals surface area contributed by atoms with Gasteiger partial charge >= 0.3 is 0 Å². The highest BCUT2D eigenvalue weighted by Crippen LogP contribution is 2.15. The summed E-state index contributed by atoms with van der Waals surface area (Å²) in [4.78, 5) is 0. The SMILES string of the molecule is CNCC(N)Cc1ccccc1Cl. The van der Waals surface area contributed by atoms with Gasteiger partial charge in [0.25, 0.3) is 0 Å². The van der Waals surface area contributed by atoms with Gasteiger partial charge in [0.1, 0.15) is 0 Å². The minimum atomic E-state index is 0.130. The van der Waals surface area contributed by atoms with Crippen molar-refractivity contribution in [3.8, 4) is 0 Å². The molecule has 0 aromatic heterocycles. The van der Waals surface area contributed by atoms with Gasteiger partial charge in [0.15, 0.2) is 0 Å². The molecule has 1 rings (SSSR count). The van der Waals surface area contributed by atoms with Gasteiger partial charge in [-0.05, 0) is 25.1 Å². The van der Waals surface area contributed by atoms with Crippen LogP contribution in [0, 0.1) is 0 Å². The third kappa shape index (κ3) is 3.35. The molecule has 1 unspecified atom stereocenters. The molecule has 0 saturated heterocycles. The van der Waals surface area contributed by atoms with Crippen LogP contribution in [0.5, 0.6) is 0 Å². The standard InChI is InChI=1S/C10H15ClN2/c1-13-7-9(12)6-8-4-2-3-5-10(8)11/h2-5,9,13H,6-7,12H2,1H3. The number of nitrogens with one attached hydrogen (secondary N) is 1. The van der Waals surface area contributed by atoms with Crippen molar-refractivity contribution in [2.45, 2.75) is 12.5 Å². The molecule has 0 amide bonds. The number of halogens is 1. The molecule has 13 heavy (non-hydrogen) atoms. The van der Waals surface area contributed by atoms with E-state index < -0.39 is 0 Å². The largest absolute Gasteiger partial charge is 0.326 e. The Balaban J connectivity index is 2.58. The van der Waals surface area contributed by atoms with E-state index in [4.69, 9.17) is 17.3 Å². The molecule has 0 aliphatic heterocycles. The van der Waals surface area contributed by atoms with Crippen LogP contribution >= 0.6 is 11.6 Å². The molecule has 0 bridgehead atoms. The first kappa shape index (κ1) is 10.5. The van der Waals surface area contributed by atoms with Crippen LogP contribution in [0.4, 0.5) is 0 Å². The van der Waals surface area contributed by atoms with E-state index in [-0.39, 0.29) is 6.04 Å². The molecule has 0 spiro atoms. The molecule has 0 saturated carbocycles. The van der Waals surface area contributed by atoms with Crippen molar-refractivity contribution in [1.29, 1.82) is 0 Å². The van der Waals surface area contributed by atoms with Crippen LogP contribution in [-0.2, 0) is 6.42 Å². The van der Waals surface area contributed by atoms with E-state index in [0.717, 1.165) is 23.6 Å². The lowest BCUT2D eigenvalue weighted by atomic mass is 10.1. The lowest BCUT2D eigenvalue weighted by Crippen LogP contribution is -2.33. The van der Waals surface area contributed by atoms with Gasteiger partial charge in [-0.3, -0.25) is 0 Å². The first-order valence-electron chi connectivity index (χ1n) is 4.37. The normalized spacial score (nSPS) is 12.8. The number of rotatable bonds is 4. The van der Waals surface area contributed by atoms with Crippen LogP contribution in [-0.4, -0.2) is 19.6 Å². The zero-order valence-corrected chi connectivity index (χ0v) is 8.51. The average molecular weight is 199 g/mol. The monoisotopic (exact) mass is 198 g/mol. The van der Waals surface area contributed by atoms with E-state index in [1.54, 1.807) is 0 Å². The zero-order chi connectivity index (χ0) is 9.68. The van der Waals surface area contributed by atoms with Crippen LogP contribution in [0.2, 0.25) is 5.02 Å². The Morgan fingerprint density at radius 3 is 2.77 bits per heavy atom. The van der Waals surface area contributed by atoms with Crippen LogP contribution in [0.3, 0.4) is 0 Å². The maximum atomic E-state index is 5.99. The summed E-state index contributed by atoms with van der Waals surface area (Å²) in [7, 11) is 1.90. The van der Waals surface area contributed by atoms with Gasteiger partial charge < -0.3 is 11.1 Å². The van der Waals surface area contributed by atoms with Crippen LogP contribution < -0.4 is 11.1 Å². The van der Waals surface area contributed by atoms with E-state index in [0.29, 0.717) is 0 Å². The van der Waals surface area contributed by atoms with Gasteiger partial charge in [-0.25, -0.2) is 0 Å². The second-order valence-electron chi connectivity index (χ2n) is 3.11. The minimum Gasteiger partial charge on any atom is -0.326 e. The third-order valence-electron chi connectivity index (χ3n) is 1.91. The Morgan fingerprint density at radius 1 is 1.46 bits per heavy atom. The van der Waals surface area contributed by atoms with E-state index >= 15 is 0 Å². The number of likely N-dealkylation sites (N-methyl/N-ethyl adjacent to an activating group) is 1. The van der Waals surface area contributed by atoms with E-state index in [1.807, 2.05) is 31.3 Å². The number of nitrogens with two attached hydrogens (primary N) is 1. The van der Waals surface area contributed by atoms with Crippen LogP contribution in [0.15, 0.2) is 24.3 Å². The van der Waals surface area contributed by atoms with Gasteiger partial charge in [0, 0.05) is 17.6 Å². The molecule has 0 radical (unpaired) electrons. The lowest BCUT2D eigenvalue weighted by Gasteiger charge is -2.11. The topological polar surface area (TPSA) is 38.0 Å². The second kappa shape index (κ2) is 5.22. The van der Waals surface area contributed by atoms with Crippen molar-refractivity contribution in [3.63, 3.8) is 0 Å². The van der Waals surface area contributed by atoms with Gasteiger partial charge in [0.05, 0.1) is 0 Å². The fourth-order valence-electron chi connectivity index (χ4n) is 1.28. The Kier molecular flexibility index (Phi) is 4.22. The smallest absolute Gasteiger partial charge is 0.0438 e. The van der Waals surface area contributed by atoms with Crippen LogP contribution in [0.1, 0.15) is 5.56 Å². The third-order valence-corrected chi connectivity index (χ3v) is 2.27. The van der Waals surface area contributed by atoms with Crippen molar-refractivity contribution in [2.75, 3.05) is 13.6 Å². The maximum Gasteiger partial charge on any atom is 0.0438 e. The van der Waals surface area contributed by atoms with E-state index in [1.165, 1.54) is 0 Å². The summed E-state index contributed by atoms with van der Waals surface area (Å²) in [5.41, 5.74) is 6.98. The summed E-state index contributed by atoms with van der Waals surface area (Å²) in [5, 5.41) is 3.84. The molecule has 0 fully saturated rings. The molecule has 0 aliphatic rings. The summed E-state index contributed by atoms with van der Waals surface area (Å²) in [6.45, 7) is 0.811. The van der Waals surface area contributed by atoms with Gasteiger partial charge in [-0.1, -0.05) is 29.8 Å². The van der Waals surface area contributed by atoms with Crippen LogP contribution in [0.25, 0.3) is 0 Å². The average Bonchev–Trinajstić information content (AvgIpc) is 2.09. The Bertz CT molecular complexity index is 263. The highest BCUT2D eigenvalue weighted by atomic mass is 35.5. The summed E-state index contributed by atoms with van der Waals surface area (Å²) in [6.07, 6.45) is 0.820. The molecular formula is C10H15ClN2. The zero-order valence-electron chi connectivity index (χ0n) is 7.76. The number of hydrogen-bond acceptors (Lipinski definition) is 2. The maximum absolute atomic E-state index is 5.99. The fraction of sp³-hybridized carbons (Fsp3) is 0.400. The van der Waals surface area contributed by atoms with Crippen molar-refractivity contribution < 1.29 is 0 Å². The quantitative estimate of drug-likeness (QED) is 0.768. The Morgan fingerprint density at radius 2 is 2.15 bits per heavy atom. The molecule has 1 aromatic carbocycles. The van der Waals surface area contributed by atoms with E-state index in [2.05, 4.69) is 5.32 Å². The Labute approximate surface area is 84.1 Å². The van der Waals surface area contributed by atoms with Crippen molar-refractivity contribution in [3.05, 3.63) is 34.9 Å². The summed E-state index contributed by atoms with van der Waals surface area (Å²) in [6, 6.07) is 7.94. The number of benzene rings is 1. The highest BCUT2D eigenvalue weighted by molar-refractivity contribution is 6.31. The summed E-state index contributed by atoms with van der Waals surface area (Å²) < 4.78 is 0. The molecule has 1 atom stereocenters. The van der Waals surface area contributed by atoms with Gasteiger partial charge in [0.2, 0.25) is 0 Å². The molecule has 3 heteroatoms. The van der Waals surface area contributed by atoms with E-state index in [9.17, 15) is 0 Å². The molecule has 0 aliphatic carbocycles. The Hall–Kier alpha value is -0.570. The molecular weight excluding hydrogens is 184 g/mol. The lowest BCUT2D eigenvalue weighted by molar-refractivity contribution is 0.616. The first-order valence-corrected chi connectivity index (χ1v) is 4.75. The van der Waals surface area contributed by atoms with Gasteiger partial charge in [-0.15, -0.1) is 0 Å². The molecule has 0 heterocycles. The minimum absolute atomic E-state index is 0.130. The molecule has 72 valence electrons. The number of hydrogen-bond donors (Lipinski definition) is 2. The predicted molar refractivity (Wildman–Crippen MR) is 57.1 cm³/mol. The fourth-order valence-corrected chi connectivity index (χ4v) is 1.49. The summed E-state index contributed by atoms with van der Waals surface area (Å²) in [5.74, 6) is 0. The van der Waals surface area contributed by atoms with Gasteiger partial charge in [-0.2, -0.15) is 0 Å². The summed E-state index contributed by atoms with van der Waals surface area (Å²) >= 11 is 5.99. The predicted octanol–water partition coefficient (Wildman–Crippen LogP) is 1.43.